The highest BCUT2D eigenvalue weighted by Crippen LogP contribution is 2.22. The lowest BCUT2D eigenvalue weighted by Crippen LogP contribution is -2.48. The molecule has 0 N–H and O–H groups in total. The highest BCUT2D eigenvalue weighted by Gasteiger charge is 2.38. The molecule has 2 heterocycles. The highest BCUT2D eigenvalue weighted by molar-refractivity contribution is 5.98. The Bertz CT molecular complexity index is 855. The molecule has 0 unspecified atom stereocenters. The highest BCUT2D eigenvalue weighted by atomic mass is 16.6. The fraction of sp³-hybridized carbons (Fsp3) is 0.318. The van der Waals surface area contributed by atoms with E-state index < -0.39 is 6.09 Å². The van der Waals surface area contributed by atoms with Gasteiger partial charge in [-0.1, -0.05) is 54.6 Å². The number of amides is 3. The van der Waals surface area contributed by atoms with Crippen LogP contribution in [0.5, 0.6) is 0 Å². The number of nitrogens with zero attached hydrogens (tertiary/aromatic N) is 2. The average Bonchev–Trinajstić information content (AvgIpc) is 3.07. The van der Waals surface area contributed by atoms with Crippen molar-refractivity contribution in [3.05, 3.63) is 60.2 Å². The van der Waals surface area contributed by atoms with Crippen molar-refractivity contribution in [2.75, 3.05) is 19.7 Å². The van der Waals surface area contributed by atoms with Crippen molar-refractivity contribution in [3.63, 3.8) is 0 Å². The predicted molar refractivity (Wildman–Crippen MR) is 103 cm³/mol. The van der Waals surface area contributed by atoms with Gasteiger partial charge in [0, 0.05) is 19.1 Å². The van der Waals surface area contributed by atoms with Gasteiger partial charge in [0.1, 0.15) is 0 Å². The lowest BCUT2D eigenvalue weighted by Gasteiger charge is -2.34. The van der Waals surface area contributed by atoms with E-state index in [1.165, 1.54) is 4.90 Å². The molecule has 4 rings (SSSR count). The van der Waals surface area contributed by atoms with Crippen molar-refractivity contribution < 1.29 is 19.1 Å². The van der Waals surface area contributed by atoms with Crippen LogP contribution >= 0.6 is 0 Å². The van der Waals surface area contributed by atoms with Crippen LogP contribution in [0.4, 0.5) is 4.79 Å². The lowest BCUT2D eigenvalue weighted by molar-refractivity contribution is -0.132. The largest absolute Gasteiger partial charge is 0.439 e. The molecule has 0 spiro atoms. The third-order valence-electron chi connectivity index (χ3n) is 5.38. The van der Waals surface area contributed by atoms with Crippen LogP contribution in [-0.4, -0.2) is 53.4 Å². The van der Waals surface area contributed by atoms with Gasteiger partial charge in [-0.15, -0.1) is 0 Å². The molecule has 0 atom stereocenters. The number of imide groups is 1. The summed E-state index contributed by atoms with van der Waals surface area (Å²) in [6, 6.07) is 18.0. The van der Waals surface area contributed by atoms with Crippen LogP contribution in [0, 0.1) is 0 Å². The molecule has 2 fully saturated rings. The minimum Gasteiger partial charge on any atom is -0.439 e. The summed E-state index contributed by atoms with van der Waals surface area (Å²) in [5, 5.41) is 0. The minimum absolute atomic E-state index is 0.0706. The van der Waals surface area contributed by atoms with E-state index in [-0.39, 0.29) is 24.5 Å². The maximum Gasteiger partial charge on any atom is 0.417 e. The number of rotatable bonds is 4. The van der Waals surface area contributed by atoms with Crippen molar-refractivity contribution in [3.8, 4) is 11.1 Å². The molecule has 144 valence electrons. The Morgan fingerprint density at radius 1 is 0.929 bits per heavy atom. The summed E-state index contributed by atoms with van der Waals surface area (Å²) in [7, 11) is 0. The predicted octanol–water partition coefficient (Wildman–Crippen LogP) is 2.87. The van der Waals surface area contributed by atoms with Crippen LogP contribution in [0.2, 0.25) is 0 Å². The van der Waals surface area contributed by atoms with E-state index in [9.17, 15) is 14.4 Å². The van der Waals surface area contributed by atoms with Crippen LogP contribution in [0.1, 0.15) is 18.4 Å². The average molecular weight is 378 g/mol. The maximum absolute atomic E-state index is 12.6. The normalized spacial score (nSPS) is 17.7. The first-order valence-corrected chi connectivity index (χ1v) is 9.53. The van der Waals surface area contributed by atoms with Gasteiger partial charge in [0.2, 0.25) is 5.91 Å². The first-order valence-electron chi connectivity index (χ1n) is 9.53. The summed E-state index contributed by atoms with van der Waals surface area (Å²) >= 11 is 0. The van der Waals surface area contributed by atoms with Gasteiger partial charge in [0.25, 0.3) is 5.91 Å². The third-order valence-corrected chi connectivity index (χ3v) is 5.38. The van der Waals surface area contributed by atoms with Crippen LogP contribution in [-0.2, 0) is 20.7 Å². The Morgan fingerprint density at radius 2 is 1.57 bits per heavy atom. The van der Waals surface area contributed by atoms with Crippen LogP contribution in [0.25, 0.3) is 11.1 Å². The number of carbonyl (C=O) groups excluding carboxylic acids is 3. The minimum atomic E-state index is -0.562. The summed E-state index contributed by atoms with van der Waals surface area (Å²) in [6.45, 7) is 0.919. The zero-order valence-electron chi connectivity index (χ0n) is 15.5. The van der Waals surface area contributed by atoms with Gasteiger partial charge in [-0.05, 0) is 29.5 Å². The Labute approximate surface area is 163 Å². The topological polar surface area (TPSA) is 66.9 Å². The van der Waals surface area contributed by atoms with Gasteiger partial charge >= 0.3 is 6.09 Å². The van der Waals surface area contributed by atoms with Gasteiger partial charge in [-0.3, -0.25) is 9.59 Å². The molecule has 6 nitrogen and oxygen atoms in total. The van der Waals surface area contributed by atoms with E-state index in [1.54, 1.807) is 0 Å². The SMILES string of the molecule is O=C(Cc1ccc(-c2ccccc2)cc1)N1CCC(N2C(=O)COC2=O)CC1. The molecule has 6 heteroatoms. The molecule has 3 amide bonds. The van der Waals surface area contributed by atoms with E-state index in [0.717, 1.165) is 16.7 Å². The molecule has 2 saturated heterocycles. The van der Waals surface area contributed by atoms with E-state index >= 15 is 0 Å². The Morgan fingerprint density at radius 3 is 2.18 bits per heavy atom. The van der Waals surface area contributed by atoms with Gasteiger partial charge < -0.3 is 9.64 Å². The molecular formula is C22H22N2O4. The summed E-state index contributed by atoms with van der Waals surface area (Å²) in [4.78, 5) is 39.1. The molecule has 0 bridgehead atoms. The Balaban J connectivity index is 1.32. The van der Waals surface area contributed by atoms with E-state index in [2.05, 4.69) is 12.1 Å². The smallest absolute Gasteiger partial charge is 0.417 e. The molecule has 28 heavy (non-hydrogen) atoms. The Hall–Kier alpha value is -3.15. The summed E-state index contributed by atoms with van der Waals surface area (Å²) < 4.78 is 4.78. The van der Waals surface area contributed by atoms with Crippen molar-refractivity contribution in [2.45, 2.75) is 25.3 Å². The van der Waals surface area contributed by atoms with Gasteiger partial charge in [0.15, 0.2) is 6.61 Å². The van der Waals surface area contributed by atoms with Gasteiger partial charge in [0.05, 0.1) is 6.42 Å². The molecule has 0 aromatic heterocycles. The second-order valence-electron chi connectivity index (χ2n) is 7.17. The zero-order chi connectivity index (χ0) is 19.5. The van der Waals surface area contributed by atoms with Gasteiger partial charge in [-0.2, -0.15) is 0 Å². The number of hydrogen-bond acceptors (Lipinski definition) is 4. The molecule has 2 aliphatic rings. The quantitative estimate of drug-likeness (QED) is 0.821. The number of hydrogen-bond donors (Lipinski definition) is 0. The monoisotopic (exact) mass is 378 g/mol. The second-order valence-corrected chi connectivity index (χ2v) is 7.17. The van der Waals surface area contributed by atoms with Crippen molar-refractivity contribution in [1.82, 2.24) is 9.80 Å². The Kier molecular flexibility index (Phi) is 5.10. The van der Waals surface area contributed by atoms with Crippen molar-refractivity contribution in [2.24, 2.45) is 0 Å². The zero-order valence-corrected chi connectivity index (χ0v) is 15.5. The summed E-state index contributed by atoms with van der Waals surface area (Å²) in [5.74, 6) is -0.213. The molecular weight excluding hydrogens is 356 g/mol. The first-order chi connectivity index (χ1) is 13.6. The molecule has 2 aromatic rings. The standard InChI is InChI=1S/C22H22N2O4/c25-20(14-16-6-8-18(9-7-16)17-4-2-1-3-5-17)23-12-10-19(11-13-23)24-21(26)15-28-22(24)27/h1-9,19H,10-15H2. The molecule has 0 radical (unpaired) electrons. The van der Waals surface area contributed by atoms with Crippen LogP contribution < -0.4 is 0 Å². The van der Waals surface area contributed by atoms with E-state index in [1.807, 2.05) is 47.4 Å². The van der Waals surface area contributed by atoms with E-state index in [4.69, 9.17) is 4.74 Å². The molecule has 2 aromatic carbocycles. The molecule has 2 aliphatic heterocycles. The number of cyclic esters (lactones) is 1. The number of piperidine rings is 1. The second kappa shape index (κ2) is 7.84. The van der Waals surface area contributed by atoms with Crippen molar-refractivity contribution in [1.29, 1.82) is 0 Å². The molecule has 0 aliphatic carbocycles. The fourth-order valence-electron chi connectivity index (χ4n) is 3.82. The number of ether oxygens (including phenoxy) is 1. The number of carbonyl (C=O) groups is 3. The van der Waals surface area contributed by atoms with Crippen LogP contribution in [0.15, 0.2) is 54.6 Å². The number of likely N-dealkylation sites (tertiary alicyclic amines) is 1. The van der Waals surface area contributed by atoms with Gasteiger partial charge in [-0.25, -0.2) is 9.69 Å². The fourth-order valence-corrected chi connectivity index (χ4v) is 3.82. The van der Waals surface area contributed by atoms with Crippen LogP contribution in [0.3, 0.4) is 0 Å². The lowest BCUT2D eigenvalue weighted by atomic mass is 10.0. The number of benzene rings is 2. The summed E-state index contributed by atoms with van der Waals surface area (Å²) in [5.41, 5.74) is 3.25. The molecule has 0 saturated carbocycles. The third kappa shape index (κ3) is 3.76. The van der Waals surface area contributed by atoms with E-state index in [0.29, 0.717) is 32.4 Å². The summed E-state index contributed by atoms with van der Waals surface area (Å²) in [6.07, 6.45) is 0.983. The first kappa shape index (κ1) is 18.2. The maximum atomic E-state index is 12.6. The van der Waals surface area contributed by atoms with Crippen molar-refractivity contribution >= 4 is 17.9 Å².